The van der Waals surface area contributed by atoms with Crippen LogP contribution in [0, 0.1) is 6.92 Å². The molecule has 8 heteroatoms. The van der Waals surface area contributed by atoms with Crippen LogP contribution in [0.3, 0.4) is 0 Å². The highest BCUT2D eigenvalue weighted by molar-refractivity contribution is 7.89. The van der Waals surface area contributed by atoms with E-state index in [1.54, 1.807) is 0 Å². The van der Waals surface area contributed by atoms with Gasteiger partial charge in [-0.25, -0.2) is 13.4 Å². The first kappa shape index (κ1) is 21.2. The summed E-state index contributed by atoms with van der Waals surface area (Å²) in [6, 6.07) is 21.2. The van der Waals surface area contributed by atoms with Crippen LogP contribution >= 0.6 is 11.3 Å². The van der Waals surface area contributed by atoms with Gasteiger partial charge in [0.2, 0.25) is 10.0 Å². The number of hydrogen-bond acceptors (Lipinski definition) is 5. The second kappa shape index (κ2) is 8.58. The van der Waals surface area contributed by atoms with Crippen molar-refractivity contribution < 1.29 is 13.2 Å². The minimum Gasteiger partial charge on any atom is -0.298 e. The monoisotopic (exact) mass is 451 g/mol. The van der Waals surface area contributed by atoms with Crippen molar-refractivity contribution in [2.24, 2.45) is 0 Å². The molecule has 0 fully saturated rings. The average Bonchev–Trinajstić information content (AvgIpc) is 3.15. The van der Waals surface area contributed by atoms with Crippen LogP contribution < -0.4 is 5.32 Å². The summed E-state index contributed by atoms with van der Waals surface area (Å²) < 4.78 is 28.0. The molecule has 4 aromatic rings. The van der Waals surface area contributed by atoms with Gasteiger partial charge in [-0.15, -0.1) is 0 Å². The topological polar surface area (TPSA) is 79.4 Å². The summed E-state index contributed by atoms with van der Waals surface area (Å²) in [4.78, 5) is 17.1. The summed E-state index contributed by atoms with van der Waals surface area (Å²) in [5.74, 6) is -0.336. The molecule has 6 nitrogen and oxygen atoms in total. The van der Waals surface area contributed by atoms with Gasteiger partial charge in [0.05, 0.1) is 15.1 Å². The van der Waals surface area contributed by atoms with Crippen LogP contribution in [0.4, 0.5) is 5.13 Å². The lowest BCUT2D eigenvalue weighted by Gasteiger charge is -2.17. The van der Waals surface area contributed by atoms with E-state index in [-0.39, 0.29) is 17.3 Å². The maximum absolute atomic E-state index is 12.9. The molecule has 0 spiro atoms. The third-order valence-corrected chi connectivity index (χ3v) is 7.59. The van der Waals surface area contributed by atoms with E-state index in [1.807, 2.05) is 55.5 Å². The molecule has 158 valence electrons. The van der Waals surface area contributed by atoms with Gasteiger partial charge >= 0.3 is 0 Å². The molecule has 4 rings (SSSR count). The fourth-order valence-corrected chi connectivity index (χ4v) is 5.26. The minimum atomic E-state index is -3.67. The van der Waals surface area contributed by atoms with Crippen LogP contribution in [0.2, 0.25) is 0 Å². The Labute approximate surface area is 185 Å². The molecule has 0 saturated heterocycles. The first-order chi connectivity index (χ1) is 14.8. The Bertz CT molecular complexity index is 1330. The van der Waals surface area contributed by atoms with Gasteiger partial charge in [-0.2, -0.15) is 4.31 Å². The van der Waals surface area contributed by atoms with Crippen molar-refractivity contribution in [3.8, 4) is 0 Å². The van der Waals surface area contributed by atoms with Crippen molar-refractivity contribution in [1.82, 2.24) is 9.29 Å². The van der Waals surface area contributed by atoms with E-state index in [4.69, 9.17) is 0 Å². The minimum absolute atomic E-state index is 0.137. The molecule has 0 saturated carbocycles. The number of hydrogen-bond donors (Lipinski definition) is 1. The summed E-state index contributed by atoms with van der Waals surface area (Å²) in [7, 11) is -2.13. The number of amides is 1. The Morgan fingerprint density at radius 1 is 1.03 bits per heavy atom. The maximum Gasteiger partial charge on any atom is 0.257 e. The van der Waals surface area contributed by atoms with Gasteiger partial charge < -0.3 is 0 Å². The predicted octanol–water partition coefficient (Wildman–Crippen LogP) is 4.68. The molecule has 1 aromatic heterocycles. The third-order valence-electron chi connectivity index (χ3n) is 4.84. The molecule has 0 aliphatic carbocycles. The number of rotatable bonds is 6. The summed E-state index contributed by atoms with van der Waals surface area (Å²) in [5.41, 5.74) is 3.22. The van der Waals surface area contributed by atoms with Crippen LogP contribution in [0.15, 0.2) is 77.7 Å². The molecule has 1 heterocycles. The van der Waals surface area contributed by atoms with Crippen molar-refractivity contribution in [3.05, 3.63) is 89.5 Å². The van der Waals surface area contributed by atoms with Crippen molar-refractivity contribution >= 4 is 42.6 Å². The lowest BCUT2D eigenvalue weighted by molar-refractivity contribution is 0.102. The molecule has 1 N–H and O–H groups in total. The molecule has 0 radical (unpaired) electrons. The molecular formula is C23H21N3O3S2. The number of benzene rings is 3. The maximum atomic E-state index is 12.9. The van der Waals surface area contributed by atoms with E-state index in [9.17, 15) is 13.2 Å². The highest BCUT2D eigenvalue weighted by Gasteiger charge is 2.21. The van der Waals surface area contributed by atoms with E-state index in [0.717, 1.165) is 21.3 Å². The standard InChI is InChI=1S/C23H21N3O3S2/c1-16-8-13-20-21(14-16)30-23(24-20)25-22(27)18-9-11-19(12-10-18)31(28,29)26(2)15-17-6-4-3-5-7-17/h3-14H,15H2,1-2H3,(H,24,25,27). The van der Waals surface area contributed by atoms with Crippen LogP contribution in [0.5, 0.6) is 0 Å². The van der Waals surface area contributed by atoms with Gasteiger partial charge in [-0.1, -0.05) is 47.7 Å². The zero-order valence-electron chi connectivity index (χ0n) is 17.1. The smallest absolute Gasteiger partial charge is 0.257 e. The Morgan fingerprint density at radius 2 is 1.74 bits per heavy atom. The number of carbonyl (C=O) groups excluding carboxylic acids is 1. The molecule has 31 heavy (non-hydrogen) atoms. The Balaban J connectivity index is 1.48. The fraction of sp³-hybridized carbons (Fsp3) is 0.130. The number of aryl methyl sites for hydroxylation is 1. The van der Waals surface area contributed by atoms with Gasteiger partial charge in [-0.05, 0) is 54.4 Å². The van der Waals surface area contributed by atoms with Crippen molar-refractivity contribution in [1.29, 1.82) is 0 Å². The van der Waals surface area contributed by atoms with Gasteiger partial charge in [0, 0.05) is 19.2 Å². The second-order valence-electron chi connectivity index (χ2n) is 7.22. The summed E-state index contributed by atoms with van der Waals surface area (Å²) >= 11 is 1.40. The van der Waals surface area contributed by atoms with Crippen molar-refractivity contribution in [2.75, 3.05) is 12.4 Å². The zero-order chi connectivity index (χ0) is 22.0. The number of nitrogens with one attached hydrogen (secondary N) is 1. The van der Waals surface area contributed by atoms with Gasteiger partial charge in [0.25, 0.3) is 5.91 Å². The summed E-state index contributed by atoms with van der Waals surface area (Å²) in [5, 5.41) is 3.29. The quantitative estimate of drug-likeness (QED) is 0.462. The molecule has 0 atom stereocenters. The highest BCUT2D eigenvalue weighted by atomic mass is 32.2. The number of sulfonamides is 1. The van der Waals surface area contributed by atoms with Gasteiger partial charge in [0.1, 0.15) is 0 Å². The molecule has 0 aliphatic heterocycles. The summed E-state index contributed by atoms with van der Waals surface area (Å²) in [6.07, 6.45) is 0. The normalized spacial score (nSPS) is 11.7. The number of carbonyl (C=O) groups is 1. The molecular weight excluding hydrogens is 430 g/mol. The van der Waals surface area contributed by atoms with Crippen LogP contribution in [0.25, 0.3) is 10.2 Å². The fourth-order valence-electron chi connectivity index (χ4n) is 3.14. The average molecular weight is 452 g/mol. The second-order valence-corrected chi connectivity index (χ2v) is 10.3. The Kier molecular flexibility index (Phi) is 5.86. The number of nitrogens with zero attached hydrogens (tertiary/aromatic N) is 2. The molecule has 1 amide bonds. The lowest BCUT2D eigenvalue weighted by atomic mass is 10.2. The van der Waals surface area contributed by atoms with E-state index >= 15 is 0 Å². The van der Waals surface area contributed by atoms with Crippen LogP contribution in [-0.4, -0.2) is 30.7 Å². The molecule has 0 aliphatic rings. The molecule has 0 bridgehead atoms. The predicted molar refractivity (Wildman–Crippen MR) is 124 cm³/mol. The van der Waals surface area contributed by atoms with E-state index < -0.39 is 10.0 Å². The van der Waals surface area contributed by atoms with Crippen LogP contribution in [0.1, 0.15) is 21.5 Å². The first-order valence-electron chi connectivity index (χ1n) is 9.62. The van der Waals surface area contributed by atoms with Gasteiger partial charge in [-0.3, -0.25) is 10.1 Å². The molecule has 3 aromatic carbocycles. The number of anilines is 1. The highest BCUT2D eigenvalue weighted by Crippen LogP contribution is 2.27. The molecule has 0 unspecified atom stereocenters. The van der Waals surface area contributed by atoms with Gasteiger partial charge in [0.15, 0.2) is 5.13 Å². The third kappa shape index (κ3) is 4.66. The lowest BCUT2D eigenvalue weighted by Crippen LogP contribution is -2.26. The summed E-state index contributed by atoms with van der Waals surface area (Å²) in [6.45, 7) is 2.27. The Hall–Kier alpha value is -3.07. The number of thiazole rings is 1. The largest absolute Gasteiger partial charge is 0.298 e. The zero-order valence-corrected chi connectivity index (χ0v) is 18.7. The van der Waals surface area contributed by atoms with Crippen molar-refractivity contribution in [2.45, 2.75) is 18.4 Å². The number of aromatic nitrogens is 1. The van der Waals surface area contributed by atoms with E-state index in [1.165, 1.54) is 47.0 Å². The van der Waals surface area contributed by atoms with Crippen molar-refractivity contribution in [3.63, 3.8) is 0 Å². The van der Waals surface area contributed by atoms with E-state index in [2.05, 4.69) is 10.3 Å². The first-order valence-corrected chi connectivity index (χ1v) is 11.9. The SMILES string of the molecule is Cc1ccc2nc(NC(=O)c3ccc(S(=O)(=O)N(C)Cc4ccccc4)cc3)sc2c1. The number of fused-ring (bicyclic) bond motifs is 1. The van der Waals surface area contributed by atoms with Crippen LogP contribution in [-0.2, 0) is 16.6 Å². The Morgan fingerprint density at radius 3 is 2.45 bits per heavy atom. The van der Waals surface area contributed by atoms with E-state index in [0.29, 0.717) is 10.7 Å².